The van der Waals surface area contributed by atoms with Crippen LogP contribution in [0.15, 0.2) is 35.1 Å². The maximum absolute atomic E-state index is 14.0. The zero-order chi connectivity index (χ0) is 25.4. The molecular weight excluding hydrogens is 506 g/mol. The number of nitrogens with two attached hydrogens (primary N) is 1. The number of nitrogen functional groups attached to an aromatic ring is 1. The first-order valence-electron chi connectivity index (χ1n) is 12.0. The number of halogens is 3. The molecule has 10 heteroatoms. The highest BCUT2D eigenvalue weighted by Gasteiger charge is 2.28. The Morgan fingerprint density at radius 1 is 1.36 bits per heavy atom. The minimum Gasteiger partial charge on any atom is -0.478 e. The molecule has 2 aliphatic rings. The monoisotopic (exact) mass is 532 g/mol. The lowest BCUT2D eigenvalue weighted by Crippen LogP contribution is -2.49. The van der Waals surface area contributed by atoms with Crippen molar-refractivity contribution in [2.24, 2.45) is 0 Å². The maximum Gasteiger partial charge on any atom is 0.239 e. The zero-order valence-corrected chi connectivity index (χ0v) is 21.3. The van der Waals surface area contributed by atoms with Gasteiger partial charge in [-0.15, -0.1) is 0 Å². The van der Waals surface area contributed by atoms with E-state index in [4.69, 9.17) is 38.1 Å². The number of fused-ring (bicyclic) bond motifs is 1. The molecule has 5 rings (SSSR count). The molecule has 0 aliphatic carbocycles. The van der Waals surface area contributed by atoms with Gasteiger partial charge in [-0.05, 0) is 50.4 Å². The number of anilines is 1. The van der Waals surface area contributed by atoms with Crippen LogP contribution in [0.4, 0.5) is 10.2 Å². The third-order valence-electron chi connectivity index (χ3n) is 6.86. The molecule has 0 saturated carbocycles. The molecule has 36 heavy (non-hydrogen) atoms. The minimum absolute atomic E-state index is 0.0857. The summed E-state index contributed by atoms with van der Waals surface area (Å²) in [6.45, 7) is 3.77. The number of aromatic nitrogens is 1. The number of amides is 1. The summed E-state index contributed by atoms with van der Waals surface area (Å²) in [5, 5.41) is 4.24. The van der Waals surface area contributed by atoms with Crippen molar-refractivity contribution in [3.05, 3.63) is 57.7 Å². The summed E-state index contributed by atoms with van der Waals surface area (Å²) < 4.78 is 26.0. The van der Waals surface area contributed by atoms with Crippen molar-refractivity contribution in [1.82, 2.24) is 15.2 Å². The predicted octanol–water partition coefficient (Wildman–Crippen LogP) is 5.75. The van der Waals surface area contributed by atoms with Gasteiger partial charge >= 0.3 is 0 Å². The van der Waals surface area contributed by atoms with Gasteiger partial charge in [0.15, 0.2) is 11.4 Å². The molecule has 190 valence electrons. The van der Waals surface area contributed by atoms with Crippen LogP contribution in [0.5, 0.6) is 5.75 Å². The van der Waals surface area contributed by atoms with E-state index in [0.29, 0.717) is 30.7 Å². The van der Waals surface area contributed by atoms with Crippen LogP contribution in [0.3, 0.4) is 0 Å². The van der Waals surface area contributed by atoms with Gasteiger partial charge in [0, 0.05) is 35.4 Å². The van der Waals surface area contributed by atoms with Crippen molar-refractivity contribution in [3.63, 3.8) is 0 Å². The number of hydrogen-bond acceptors (Lipinski definition) is 6. The van der Waals surface area contributed by atoms with Gasteiger partial charge in [0.2, 0.25) is 11.7 Å². The number of carbonyl (C=O) groups is 1. The number of furan rings is 1. The van der Waals surface area contributed by atoms with Gasteiger partial charge in [-0.2, -0.15) is 0 Å². The van der Waals surface area contributed by atoms with E-state index in [-0.39, 0.29) is 33.6 Å². The van der Waals surface area contributed by atoms with Crippen LogP contribution >= 0.6 is 23.2 Å². The van der Waals surface area contributed by atoms with Crippen molar-refractivity contribution in [1.29, 1.82) is 0 Å². The van der Waals surface area contributed by atoms with E-state index in [0.717, 1.165) is 42.3 Å². The minimum atomic E-state index is -0.717. The number of nitrogens with one attached hydrogen (secondary N) is 1. The molecule has 0 bridgehead atoms. The van der Waals surface area contributed by atoms with E-state index in [9.17, 15) is 9.18 Å². The Morgan fingerprint density at radius 3 is 2.92 bits per heavy atom. The van der Waals surface area contributed by atoms with E-state index in [1.54, 1.807) is 19.4 Å². The SMILES string of the molecule is CC(Oc1c(N)ncc2c(C3=CCN(C(=O)C4CCCCN4)CC3)coc12)c1c(Cl)ccc(F)c1Cl. The maximum atomic E-state index is 14.0. The van der Waals surface area contributed by atoms with Gasteiger partial charge in [0.05, 0.1) is 22.7 Å². The van der Waals surface area contributed by atoms with E-state index < -0.39 is 11.9 Å². The number of rotatable bonds is 5. The molecule has 1 aromatic carbocycles. The summed E-state index contributed by atoms with van der Waals surface area (Å²) in [6.07, 6.45) is 8.41. The van der Waals surface area contributed by atoms with Gasteiger partial charge in [-0.1, -0.05) is 35.7 Å². The fourth-order valence-corrected chi connectivity index (χ4v) is 5.57. The Bertz CT molecular complexity index is 1340. The van der Waals surface area contributed by atoms with E-state index in [2.05, 4.69) is 16.4 Å². The molecule has 2 aliphatic heterocycles. The van der Waals surface area contributed by atoms with Crippen molar-refractivity contribution in [3.8, 4) is 5.75 Å². The average molecular weight is 533 g/mol. The number of benzene rings is 1. The molecule has 2 unspecified atom stereocenters. The van der Waals surface area contributed by atoms with Crippen molar-refractivity contribution in [2.45, 2.75) is 44.8 Å². The number of pyridine rings is 1. The third-order valence-corrected chi connectivity index (χ3v) is 7.57. The zero-order valence-electron chi connectivity index (χ0n) is 19.8. The molecular formula is C26H27Cl2FN4O3. The summed E-state index contributed by atoms with van der Waals surface area (Å²) >= 11 is 12.4. The predicted molar refractivity (Wildman–Crippen MR) is 139 cm³/mol. The summed E-state index contributed by atoms with van der Waals surface area (Å²) in [5.74, 6) is -0.0597. The molecule has 3 aromatic rings. The second kappa shape index (κ2) is 10.3. The number of nitrogens with zero attached hydrogens (tertiary/aromatic N) is 2. The normalized spacial score (nSPS) is 19.3. The van der Waals surface area contributed by atoms with Crippen molar-refractivity contribution in [2.75, 3.05) is 25.4 Å². The van der Waals surface area contributed by atoms with Gasteiger partial charge in [-0.25, -0.2) is 9.37 Å². The van der Waals surface area contributed by atoms with Crippen LogP contribution in [0.2, 0.25) is 10.0 Å². The Balaban J connectivity index is 1.39. The lowest BCUT2D eigenvalue weighted by atomic mass is 9.98. The quantitative estimate of drug-likeness (QED) is 0.406. The first kappa shape index (κ1) is 24.9. The molecule has 3 N–H and O–H groups in total. The van der Waals surface area contributed by atoms with E-state index in [1.807, 2.05) is 4.90 Å². The van der Waals surface area contributed by atoms with Crippen LogP contribution in [-0.4, -0.2) is 41.5 Å². The molecule has 1 saturated heterocycles. The van der Waals surface area contributed by atoms with Crippen LogP contribution in [-0.2, 0) is 4.79 Å². The summed E-state index contributed by atoms with van der Waals surface area (Å²) in [7, 11) is 0. The lowest BCUT2D eigenvalue weighted by molar-refractivity contribution is -0.133. The van der Waals surface area contributed by atoms with Crippen LogP contribution < -0.4 is 15.8 Å². The second-order valence-corrected chi connectivity index (χ2v) is 9.93. The molecule has 1 fully saturated rings. The second-order valence-electron chi connectivity index (χ2n) is 9.15. The molecule has 0 spiro atoms. The first-order chi connectivity index (χ1) is 17.3. The summed E-state index contributed by atoms with van der Waals surface area (Å²) in [4.78, 5) is 19.1. The van der Waals surface area contributed by atoms with E-state index in [1.165, 1.54) is 12.1 Å². The number of hydrogen-bond donors (Lipinski definition) is 2. The van der Waals surface area contributed by atoms with Gasteiger partial charge in [0.25, 0.3) is 0 Å². The first-order valence-corrected chi connectivity index (χ1v) is 12.8. The molecule has 0 radical (unpaired) electrons. The Kier molecular flexibility index (Phi) is 7.10. The van der Waals surface area contributed by atoms with Gasteiger partial charge in [-0.3, -0.25) is 4.79 Å². The molecule has 1 amide bonds. The van der Waals surface area contributed by atoms with Crippen LogP contribution in [0, 0.1) is 5.82 Å². The van der Waals surface area contributed by atoms with Crippen molar-refractivity contribution >= 4 is 51.5 Å². The average Bonchev–Trinajstić information content (AvgIpc) is 3.33. The fraction of sp³-hybridized carbons (Fsp3) is 0.385. The van der Waals surface area contributed by atoms with Crippen molar-refractivity contribution < 1.29 is 18.3 Å². The summed E-state index contributed by atoms with van der Waals surface area (Å²) in [6, 6.07) is 2.55. The van der Waals surface area contributed by atoms with E-state index >= 15 is 0 Å². The number of ether oxygens (including phenoxy) is 1. The highest BCUT2D eigenvalue weighted by Crippen LogP contribution is 2.41. The fourth-order valence-electron chi connectivity index (χ4n) is 4.89. The molecule has 2 aromatic heterocycles. The van der Waals surface area contributed by atoms with Gasteiger partial charge in [0.1, 0.15) is 11.9 Å². The number of piperidine rings is 1. The van der Waals surface area contributed by atoms with Crippen LogP contribution in [0.1, 0.15) is 49.8 Å². The number of carbonyl (C=O) groups excluding carboxylic acids is 1. The largest absolute Gasteiger partial charge is 0.478 e. The highest BCUT2D eigenvalue weighted by molar-refractivity contribution is 6.36. The highest BCUT2D eigenvalue weighted by atomic mass is 35.5. The third kappa shape index (κ3) is 4.65. The Hall–Kier alpha value is -2.81. The van der Waals surface area contributed by atoms with Crippen LogP contribution in [0.25, 0.3) is 16.5 Å². The summed E-state index contributed by atoms with van der Waals surface area (Å²) in [5.41, 5.74) is 8.81. The lowest BCUT2D eigenvalue weighted by Gasteiger charge is -2.32. The smallest absolute Gasteiger partial charge is 0.239 e. The van der Waals surface area contributed by atoms with Gasteiger partial charge < -0.3 is 25.1 Å². The molecule has 2 atom stereocenters. The standard InChI is InChI=1S/C26H27Cl2FN4O3/c1-14(21-18(27)5-6-19(29)22(21)28)36-24-23-16(12-32-25(24)30)17(13-35-23)15-7-10-33(11-8-15)26(34)20-4-2-3-9-31-20/h5-7,12-14,20,31H,2-4,8-11H2,1H3,(H2,30,32). The Labute approximate surface area is 218 Å². The molecule has 7 nitrogen and oxygen atoms in total. The topological polar surface area (TPSA) is 93.6 Å². The molecule has 4 heterocycles. The Morgan fingerprint density at radius 2 is 2.19 bits per heavy atom.